The minimum Gasteiger partial charge on any atom is -0.505 e. The van der Waals surface area contributed by atoms with Crippen molar-refractivity contribution in [2.24, 2.45) is 0 Å². The summed E-state index contributed by atoms with van der Waals surface area (Å²) in [7, 11) is 0. The molecular formula is C15H11Cl2N3O3. The third kappa shape index (κ3) is 2.88. The van der Waals surface area contributed by atoms with Gasteiger partial charge in [-0.25, -0.2) is 0 Å². The van der Waals surface area contributed by atoms with Gasteiger partial charge in [-0.3, -0.25) is 4.79 Å². The van der Waals surface area contributed by atoms with Crippen LogP contribution in [0.4, 0.5) is 0 Å². The van der Waals surface area contributed by atoms with Gasteiger partial charge in [0.1, 0.15) is 16.7 Å². The zero-order valence-corrected chi connectivity index (χ0v) is 13.2. The molecule has 2 aromatic carbocycles. The molecule has 0 spiro atoms. The average Bonchev–Trinajstić information content (AvgIpc) is 2.92. The average molecular weight is 352 g/mol. The lowest BCUT2D eigenvalue weighted by atomic mass is 10.1. The molecule has 0 aliphatic rings. The van der Waals surface area contributed by atoms with Crippen LogP contribution >= 0.6 is 23.2 Å². The summed E-state index contributed by atoms with van der Waals surface area (Å²) >= 11 is 11.9. The summed E-state index contributed by atoms with van der Waals surface area (Å²) in [5.74, 6) is -0.237. The van der Waals surface area contributed by atoms with Gasteiger partial charge in [0, 0.05) is 6.61 Å². The molecule has 6 nitrogen and oxygen atoms in total. The number of carbonyl (C=O) groups excluding carboxylic acids is 1. The van der Waals surface area contributed by atoms with Crippen molar-refractivity contribution in [1.82, 2.24) is 15.0 Å². The molecule has 1 aromatic heterocycles. The quantitative estimate of drug-likeness (QED) is 0.705. The van der Waals surface area contributed by atoms with Gasteiger partial charge in [0.25, 0.3) is 0 Å². The Morgan fingerprint density at radius 2 is 1.70 bits per heavy atom. The number of hydrogen-bond acceptors (Lipinski definition) is 5. The number of aromatic hydroxyl groups is 1. The van der Waals surface area contributed by atoms with Crippen molar-refractivity contribution >= 4 is 40.5 Å². The fourth-order valence-electron chi connectivity index (χ4n) is 2.24. The van der Waals surface area contributed by atoms with Crippen LogP contribution in [0.3, 0.4) is 0 Å². The molecule has 0 saturated carbocycles. The Labute approximate surface area is 140 Å². The highest BCUT2D eigenvalue weighted by molar-refractivity contribution is 6.42. The van der Waals surface area contributed by atoms with Crippen LogP contribution in [0.15, 0.2) is 24.3 Å². The zero-order chi connectivity index (χ0) is 16.6. The highest BCUT2D eigenvalue weighted by atomic mass is 35.5. The highest BCUT2D eigenvalue weighted by Gasteiger charge is 2.15. The Morgan fingerprint density at radius 1 is 1.09 bits per heavy atom. The van der Waals surface area contributed by atoms with Crippen LogP contribution in [0, 0.1) is 0 Å². The predicted molar refractivity (Wildman–Crippen MR) is 86.7 cm³/mol. The van der Waals surface area contributed by atoms with E-state index in [1.807, 2.05) is 0 Å². The topological polar surface area (TPSA) is 88.2 Å². The normalized spacial score (nSPS) is 11.1. The number of aliphatic hydroxyl groups excluding tert-OH is 1. The molecule has 0 amide bonds. The molecule has 3 aromatic rings. The smallest absolute Gasteiger partial charge is 0.153 e. The van der Waals surface area contributed by atoms with Gasteiger partial charge in [0.15, 0.2) is 12.0 Å². The molecule has 3 rings (SSSR count). The number of hydrogen-bond donors (Lipinski definition) is 2. The fourth-order valence-corrected chi connectivity index (χ4v) is 2.55. The molecular weight excluding hydrogens is 341 g/mol. The van der Waals surface area contributed by atoms with Gasteiger partial charge in [0.05, 0.1) is 15.6 Å². The minimum atomic E-state index is -0.237. The monoisotopic (exact) mass is 351 g/mol. The van der Waals surface area contributed by atoms with Crippen molar-refractivity contribution in [3.8, 4) is 11.4 Å². The molecule has 1 heterocycles. The lowest BCUT2D eigenvalue weighted by Gasteiger charge is -2.08. The van der Waals surface area contributed by atoms with E-state index < -0.39 is 0 Å². The number of phenolic OH excluding ortho intramolecular Hbond substituents is 1. The lowest BCUT2D eigenvalue weighted by molar-refractivity contribution is 0.112. The summed E-state index contributed by atoms with van der Waals surface area (Å²) in [5, 5.41) is 28.5. The van der Waals surface area contributed by atoms with E-state index >= 15 is 0 Å². The number of nitrogens with zero attached hydrogens (tertiary/aromatic N) is 3. The molecule has 2 N–H and O–H groups in total. The second-order valence-corrected chi connectivity index (χ2v) is 5.70. The van der Waals surface area contributed by atoms with Crippen LogP contribution in [0.5, 0.6) is 5.75 Å². The third-order valence-electron chi connectivity index (χ3n) is 3.34. The van der Waals surface area contributed by atoms with E-state index in [1.165, 1.54) is 10.9 Å². The van der Waals surface area contributed by atoms with Crippen molar-refractivity contribution in [2.75, 3.05) is 6.61 Å². The molecule has 0 fully saturated rings. The summed E-state index contributed by atoms with van der Waals surface area (Å²) in [6, 6.07) is 6.26. The number of aliphatic hydroxyl groups is 1. The first-order chi connectivity index (χ1) is 11.0. The van der Waals surface area contributed by atoms with Gasteiger partial charge in [-0.1, -0.05) is 23.2 Å². The van der Waals surface area contributed by atoms with Crippen LogP contribution in [-0.2, 0) is 6.42 Å². The molecule has 0 atom stereocenters. The van der Waals surface area contributed by atoms with Crippen LogP contribution in [0.2, 0.25) is 10.0 Å². The van der Waals surface area contributed by atoms with Crippen LogP contribution in [-0.4, -0.2) is 38.1 Å². The van der Waals surface area contributed by atoms with Gasteiger partial charge in [0.2, 0.25) is 0 Å². The van der Waals surface area contributed by atoms with Crippen molar-refractivity contribution in [3.63, 3.8) is 0 Å². The van der Waals surface area contributed by atoms with Gasteiger partial charge in [-0.15, -0.1) is 15.0 Å². The molecule has 0 radical (unpaired) electrons. The molecule has 23 heavy (non-hydrogen) atoms. The van der Waals surface area contributed by atoms with Crippen LogP contribution < -0.4 is 0 Å². The fraction of sp³-hybridized carbons (Fsp3) is 0.133. The van der Waals surface area contributed by atoms with Crippen molar-refractivity contribution in [1.29, 1.82) is 0 Å². The molecule has 0 unspecified atom stereocenters. The minimum absolute atomic E-state index is 0.0811. The Bertz CT molecular complexity index is 870. The maximum absolute atomic E-state index is 11.1. The van der Waals surface area contributed by atoms with Crippen LogP contribution in [0.25, 0.3) is 16.7 Å². The summed E-state index contributed by atoms with van der Waals surface area (Å²) in [4.78, 5) is 12.3. The first-order valence-electron chi connectivity index (χ1n) is 6.68. The standard InChI is InChI=1S/C15H11Cl2N3O3/c16-10-5-12-13(6-11(10)17)19-20(18-12)14-4-8(1-2-21)3-9(7-22)15(14)23/h3-7,21,23H,1-2H2. The maximum Gasteiger partial charge on any atom is 0.153 e. The lowest BCUT2D eigenvalue weighted by Crippen LogP contribution is -2.03. The second-order valence-electron chi connectivity index (χ2n) is 4.89. The Kier molecular flexibility index (Phi) is 4.21. The Hall–Kier alpha value is -2.15. The van der Waals surface area contributed by atoms with E-state index in [2.05, 4.69) is 10.2 Å². The van der Waals surface area contributed by atoms with Gasteiger partial charge >= 0.3 is 0 Å². The molecule has 0 bridgehead atoms. The van der Waals surface area contributed by atoms with Crippen LogP contribution in [0.1, 0.15) is 15.9 Å². The number of halogens is 2. The molecule has 0 saturated heterocycles. The van der Waals surface area contributed by atoms with E-state index in [9.17, 15) is 9.90 Å². The number of aromatic nitrogens is 3. The third-order valence-corrected chi connectivity index (χ3v) is 4.07. The summed E-state index contributed by atoms with van der Waals surface area (Å²) in [5.41, 5.74) is 2.02. The van der Waals surface area contributed by atoms with E-state index in [0.717, 1.165) is 0 Å². The van der Waals surface area contributed by atoms with Crippen molar-refractivity contribution in [3.05, 3.63) is 45.4 Å². The Balaban J connectivity index is 2.20. The van der Waals surface area contributed by atoms with Gasteiger partial charge in [-0.05, 0) is 36.2 Å². The number of fused-ring (bicyclic) bond motifs is 1. The van der Waals surface area contributed by atoms with E-state index in [-0.39, 0.29) is 23.6 Å². The van der Waals surface area contributed by atoms with Crippen molar-refractivity contribution in [2.45, 2.75) is 6.42 Å². The number of phenols is 1. The second kappa shape index (κ2) is 6.16. The number of aldehydes is 1. The largest absolute Gasteiger partial charge is 0.505 e. The van der Waals surface area contributed by atoms with Crippen molar-refractivity contribution < 1.29 is 15.0 Å². The first kappa shape index (κ1) is 15.7. The number of carbonyl (C=O) groups is 1. The summed E-state index contributed by atoms with van der Waals surface area (Å²) < 4.78 is 0. The number of rotatable bonds is 4. The SMILES string of the molecule is O=Cc1cc(CCO)cc(-n2nc3cc(Cl)c(Cl)cc3n2)c1O. The molecule has 8 heteroatoms. The molecule has 118 valence electrons. The first-order valence-corrected chi connectivity index (χ1v) is 7.43. The van der Waals surface area contributed by atoms with Gasteiger partial charge in [-0.2, -0.15) is 0 Å². The molecule has 0 aliphatic heterocycles. The summed E-state index contributed by atoms with van der Waals surface area (Å²) in [6.07, 6.45) is 0.878. The van der Waals surface area contributed by atoms with E-state index in [4.69, 9.17) is 28.3 Å². The predicted octanol–water partition coefficient (Wildman–Crippen LogP) is 2.78. The van der Waals surface area contributed by atoms with E-state index in [0.29, 0.717) is 39.3 Å². The van der Waals surface area contributed by atoms with E-state index in [1.54, 1.807) is 18.2 Å². The highest BCUT2D eigenvalue weighted by Crippen LogP contribution is 2.29. The molecule has 0 aliphatic carbocycles. The number of benzene rings is 2. The van der Waals surface area contributed by atoms with Gasteiger partial charge < -0.3 is 10.2 Å². The maximum atomic E-state index is 11.1. The zero-order valence-electron chi connectivity index (χ0n) is 11.7. The summed E-state index contributed by atoms with van der Waals surface area (Å²) in [6.45, 7) is -0.0811. The Morgan fingerprint density at radius 3 is 2.22 bits per heavy atom.